The van der Waals surface area contributed by atoms with Crippen LogP contribution in [-0.2, 0) is 4.74 Å². The summed E-state index contributed by atoms with van der Waals surface area (Å²) in [6.45, 7) is 2.50. The minimum Gasteiger partial charge on any atom is -0.500 e. The zero-order valence-corrected chi connectivity index (χ0v) is 7.99. The SMILES string of the molecule is Cc1cnccc1C(=O)C1=COCC1. The number of nitrogens with zero attached hydrogens (tertiary/aromatic N) is 1. The minimum absolute atomic E-state index is 0.0578. The first-order chi connectivity index (χ1) is 6.79. The van der Waals surface area contributed by atoms with Crippen LogP contribution in [-0.4, -0.2) is 17.4 Å². The number of pyridine rings is 1. The third-order valence-corrected chi connectivity index (χ3v) is 2.27. The van der Waals surface area contributed by atoms with E-state index in [2.05, 4.69) is 4.98 Å². The van der Waals surface area contributed by atoms with Crippen molar-refractivity contribution in [2.24, 2.45) is 0 Å². The van der Waals surface area contributed by atoms with Crippen molar-refractivity contribution in [1.29, 1.82) is 0 Å². The summed E-state index contributed by atoms with van der Waals surface area (Å²) in [5.74, 6) is 0.0578. The average Bonchev–Trinajstić information content (AvgIpc) is 2.70. The lowest BCUT2D eigenvalue weighted by molar-refractivity contribution is 0.103. The molecule has 1 aromatic heterocycles. The molecule has 0 N–H and O–H groups in total. The number of carbonyl (C=O) groups excluding carboxylic acids is 1. The summed E-state index contributed by atoms with van der Waals surface area (Å²) in [6.07, 6.45) is 5.60. The van der Waals surface area contributed by atoms with Gasteiger partial charge in [-0.05, 0) is 18.6 Å². The van der Waals surface area contributed by atoms with Crippen LogP contribution in [0.3, 0.4) is 0 Å². The van der Waals surface area contributed by atoms with Gasteiger partial charge in [0.2, 0.25) is 0 Å². The summed E-state index contributed by atoms with van der Waals surface area (Å²) < 4.78 is 5.04. The van der Waals surface area contributed by atoms with Gasteiger partial charge in [0, 0.05) is 30.0 Å². The van der Waals surface area contributed by atoms with E-state index in [9.17, 15) is 4.79 Å². The molecule has 0 spiro atoms. The van der Waals surface area contributed by atoms with Crippen LogP contribution < -0.4 is 0 Å². The Morgan fingerprint density at radius 3 is 3.07 bits per heavy atom. The molecule has 3 heteroatoms. The molecule has 72 valence electrons. The van der Waals surface area contributed by atoms with Gasteiger partial charge in [0.15, 0.2) is 5.78 Å². The number of aryl methyl sites for hydroxylation is 1. The Balaban J connectivity index is 2.31. The van der Waals surface area contributed by atoms with Crippen LogP contribution in [0.5, 0.6) is 0 Å². The monoisotopic (exact) mass is 189 g/mol. The molecule has 1 aliphatic rings. The molecule has 0 saturated heterocycles. The number of Topliss-reactive ketones (excluding diaryl/α,β-unsaturated/α-hetero) is 1. The molecule has 0 saturated carbocycles. The van der Waals surface area contributed by atoms with Gasteiger partial charge in [0.25, 0.3) is 0 Å². The van der Waals surface area contributed by atoms with Crippen molar-refractivity contribution in [2.45, 2.75) is 13.3 Å². The maximum absolute atomic E-state index is 11.9. The number of rotatable bonds is 2. The fraction of sp³-hybridized carbons (Fsp3) is 0.273. The van der Waals surface area contributed by atoms with Crippen LogP contribution in [0, 0.1) is 6.92 Å². The molecule has 0 aliphatic carbocycles. The summed E-state index contributed by atoms with van der Waals surface area (Å²) in [6, 6.07) is 1.75. The third kappa shape index (κ3) is 1.53. The lowest BCUT2D eigenvalue weighted by Gasteiger charge is -2.02. The van der Waals surface area contributed by atoms with Gasteiger partial charge in [0.1, 0.15) is 0 Å². The molecule has 2 rings (SSSR count). The minimum atomic E-state index is 0.0578. The zero-order chi connectivity index (χ0) is 9.97. The number of hydrogen-bond acceptors (Lipinski definition) is 3. The summed E-state index contributed by atoms with van der Waals surface area (Å²) >= 11 is 0. The largest absolute Gasteiger partial charge is 0.500 e. The van der Waals surface area contributed by atoms with Gasteiger partial charge in [0.05, 0.1) is 12.9 Å². The second-order valence-electron chi connectivity index (χ2n) is 3.28. The molecular weight excluding hydrogens is 178 g/mol. The van der Waals surface area contributed by atoms with Crippen LogP contribution >= 0.6 is 0 Å². The van der Waals surface area contributed by atoms with E-state index in [1.54, 1.807) is 24.7 Å². The van der Waals surface area contributed by atoms with E-state index in [1.165, 1.54) is 0 Å². The Morgan fingerprint density at radius 2 is 2.43 bits per heavy atom. The first-order valence-electron chi connectivity index (χ1n) is 4.55. The molecule has 1 aromatic rings. The highest BCUT2D eigenvalue weighted by molar-refractivity contribution is 6.09. The number of aromatic nitrogens is 1. The molecule has 0 amide bonds. The fourth-order valence-corrected chi connectivity index (χ4v) is 1.46. The maximum atomic E-state index is 11.9. The molecule has 0 radical (unpaired) electrons. The molecule has 0 bridgehead atoms. The van der Waals surface area contributed by atoms with E-state index < -0.39 is 0 Å². The molecule has 1 aliphatic heterocycles. The second kappa shape index (κ2) is 3.62. The predicted molar refractivity (Wildman–Crippen MR) is 52.0 cm³/mol. The van der Waals surface area contributed by atoms with Gasteiger partial charge >= 0.3 is 0 Å². The number of ketones is 1. The summed E-state index contributed by atoms with van der Waals surface area (Å²) in [5, 5.41) is 0. The first-order valence-corrected chi connectivity index (χ1v) is 4.55. The van der Waals surface area contributed by atoms with E-state index in [1.807, 2.05) is 6.92 Å². The van der Waals surface area contributed by atoms with Crippen molar-refractivity contribution < 1.29 is 9.53 Å². The van der Waals surface area contributed by atoms with Crippen LogP contribution in [0.15, 0.2) is 30.3 Å². The van der Waals surface area contributed by atoms with Gasteiger partial charge in [-0.25, -0.2) is 0 Å². The van der Waals surface area contributed by atoms with Crippen molar-refractivity contribution in [3.05, 3.63) is 41.4 Å². The molecule has 14 heavy (non-hydrogen) atoms. The Kier molecular flexibility index (Phi) is 2.31. The number of ether oxygens (including phenoxy) is 1. The fourth-order valence-electron chi connectivity index (χ4n) is 1.46. The van der Waals surface area contributed by atoms with E-state index in [-0.39, 0.29) is 5.78 Å². The summed E-state index contributed by atoms with van der Waals surface area (Å²) in [4.78, 5) is 15.8. The van der Waals surface area contributed by atoms with Gasteiger partial charge in [-0.15, -0.1) is 0 Å². The Bertz CT molecular complexity index is 396. The van der Waals surface area contributed by atoms with Crippen molar-refractivity contribution in [1.82, 2.24) is 4.98 Å². The van der Waals surface area contributed by atoms with Gasteiger partial charge < -0.3 is 4.74 Å². The zero-order valence-electron chi connectivity index (χ0n) is 7.99. The lowest BCUT2D eigenvalue weighted by atomic mass is 10.0. The summed E-state index contributed by atoms with van der Waals surface area (Å²) in [5.41, 5.74) is 2.38. The van der Waals surface area contributed by atoms with E-state index in [0.717, 1.165) is 16.7 Å². The quantitative estimate of drug-likeness (QED) is 0.667. The molecule has 0 fully saturated rings. The lowest BCUT2D eigenvalue weighted by Crippen LogP contribution is -2.04. The Hall–Kier alpha value is -1.64. The maximum Gasteiger partial charge on any atom is 0.192 e. The third-order valence-electron chi connectivity index (χ3n) is 2.27. The van der Waals surface area contributed by atoms with E-state index in [0.29, 0.717) is 13.0 Å². The molecule has 0 atom stereocenters. The van der Waals surface area contributed by atoms with Crippen molar-refractivity contribution in [3.8, 4) is 0 Å². The van der Waals surface area contributed by atoms with Gasteiger partial charge in [-0.2, -0.15) is 0 Å². The molecule has 0 aromatic carbocycles. The summed E-state index contributed by atoms with van der Waals surface area (Å²) in [7, 11) is 0. The highest BCUT2D eigenvalue weighted by Crippen LogP contribution is 2.18. The van der Waals surface area contributed by atoms with Gasteiger partial charge in [-0.3, -0.25) is 9.78 Å². The van der Waals surface area contributed by atoms with Crippen molar-refractivity contribution in [3.63, 3.8) is 0 Å². The second-order valence-corrected chi connectivity index (χ2v) is 3.28. The first kappa shape index (κ1) is 8.94. The van der Waals surface area contributed by atoms with Crippen LogP contribution in [0.1, 0.15) is 22.3 Å². The number of carbonyl (C=O) groups is 1. The van der Waals surface area contributed by atoms with Crippen molar-refractivity contribution >= 4 is 5.78 Å². The van der Waals surface area contributed by atoms with Crippen LogP contribution in [0.4, 0.5) is 0 Å². The predicted octanol–water partition coefficient (Wildman–Crippen LogP) is 1.88. The molecular formula is C11H11NO2. The highest BCUT2D eigenvalue weighted by Gasteiger charge is 2.17. The number of hydrogen-bond donors (Lipinski definition) is 0. The molecule has 3 nitrogen and oxygen atoms in total. The standard InChI is InChI=1S/C11H11NO2/c1-8-6-12-4-2-10(8)11(13)9-3-5-14-7-9/h2,4,6-7H,3,5H2,1H3. The van der Waals surface area contributed by atoms with E-state index in [4.69, 9.17) is 4.74 Å². The van der Waals surface area contributed by atoms with Crippen LogP contribution in [0.2, 0.25) is 0 Å². The Labute approximate surface area is 82.4 Å². The topological polar surface area (TPSA) is 39.2 Å². The smallest absolute Gasteiger partial charge is 0.192 e. The Morgan fingerprint density at radius 1 is 1.57 bits per heavy atom. The van der Waals surface area contributed by atoms with E-state index >= 15 is 0 Å². The average molecular weight is 189 g/mol. The highest BCUT2D eigenvalue weighted by atomic mass is 16.5. The van der Waals surface area contributed by atoms with Gasteiger partial charge in [-0.1, -0.05) is 0 Å². The molecule has 2 heterocycles. The van der Waals surface area contributed by atoms with Crippen LogP contribution in [0.25, 0.3) is 0 Å². The molecule has 0 unspecified atom stereocenters. The normalized spacial score (nSPS) is 14.8. The van der Waals surface area contributed by atoms with Crippen molar-refractivity contribution in [2.75, 3.05) is 6.61 Å².